The van der Waals surface area contributed by atoms with Crippen LogP contribution in [0.1, 0.15) is 49.7 Å². The van der Waals surface area contributed by atoms with Crippen LogP contribution in [0.5, 0.6) is 0 Å². The first-order chi connectivity index (χ1) is 14.2. The van der Waals surface area contributed by atoms with Gasteiger partial charge in [-0.3, -0.25) is 4.79 Å². The van der Waals surface area contributed by atoms with Gasteiger partial charge in [0.05, 0.1) is 37.4 Å². The molecule has 1 aliphatic carbocycles. The van der Waals surface area contributed by atoms with Crippen LogP contribution in [0.25, 0.3) is 0 Å². The first-order valence-corrected chi connectivity index (χ1v) is 10.9. The number of nitriles is 1. The first kappa shape index (κ1) is 20.3. The number of hydrogen-bond acceptors (Lipinski definition) is 5. The van der Waals surface area contributed by atoms with Crippen molar-refractivity contribution in [2.75, 3.05) is 38.3 Å². The molecule has 0 bridgehead atoms. The van der Waals surface area contributed by atoms with Gasteiger partial charge < -0.3 is 19.3 Å². The van der Waals surface area contributed by atoms with Gasteiger partial charge in [-0.1, -0.05) is 6.07 Å². The Labute approximate surface area is 173 Å². The number of methoxy groups -OCH3 is 1. The lowest BCUT2D eigenvalue weighted by Gasteiger charge is -2.42. The molecule has 29 heavy (non-hydrogen) atoms. The Morgan fingerprint density at radius 3 is 2.52 bits per heavy atom. The minimum atomic E-state index is 0.183. The molecule has 3 aliphatic rings. The maximum atomic E-state index is 12.7. The number of carbonyl (C=O) groups is 1. The van der Waals surface area contributed by atoms with Crippen molar-refractivity contribution in [3.63, 3.8) is 0 Å². The SMILES string of the molecule is COCCO[C@H]1CC[C@H](N2CCC(N3C(=O)Cc4ccc(C#N)cc43)CC2)CC1. The molecule has 1 aromatic carbocycles. The quantitative estimate of drug-likeness (QED) is 0.691. The molecular weight excluding hydrogens is 366 g/mol. The van der Waals surface area contributed by atoms with E-state index in [0.717, 1.165) is 50.0 Å². The minimum absolute atomic E-state index is 0.183. The second-order valence-corrected chi connectivity index (χ2v) is 8.46. The number of piperidine rings is 1. The number of ether oxygens (including phenoxy) is 2. The monoisotopic (exact) mass is 397 g/mol. The topological polar surface area (TPSA) is 65.8 Å². The van der Waals surface area contributed by atoms with Crippen molar-refractivity contribution in [3.8, 4) is 6.07 Å². The van der Waals surface area contributed by atoms with E-state index in [1.807, 2.05) is 23.1 Å². The molecule has 156 valence electrons. The van der Waals surface area contributed by atoms with Crippen molar-refractivity contribution in [1.29, 1.82) is 5.26 Å². The van der Waals surface area contributed by atoms with Crippen LogP contribution in [-0.2, 0) is 20.7 Å². The molecule has 0 spiro atoms. The number of benzene rings is 1. The van der Waals surface area contributed by atoms with Crippen molar-refractivity contribution in [3.05, 3.63) is 29.3 Å². The molecule has 4 rings (SSSR count). The number of nitrogens with zero attached hydrogens (tertiary/aromatic N) is 3. The number of rotatable bonds is 6. The molecule has 0 unspecified atom stereocenters. The third kappa shape index (κ3) is 4.48. The molecule has 0 atom stereocenters. The van der Waals surface area contributed by atoms with Gasteiger partial charge in [0.1, 0.15) is 0 Å². The number of carbonyl (C=O) groups excluding carboxylic acids is 1. The van der Waals surface area contributed by atoms with Crippen LogP contribution in [0.2, 0.25) is 0 Å². The third-order valence-corrected chi connectivity index (χ3v) is 6.75. The van der Waals surface area contributed by atoms with Gasteiger partial charge in [0.25, 0.3) is 0 Å². The van der Waals surface area contributed by atoms with Crippen LogP contribution >= 0.6 is 0 Å². The third-order valence-electron chi connectivity index (χ3n) is 6.75. The van der Waals surface area contributed by atoms with Crippen molar-refractivity contribution >= 4 is 11.6 Å². The highest BCUT2D eigenvalue weighted by Gasteiger charge is 2.36. The maximum absolute atomic E-state index is 12.7. The molecule has 0 radical (unpaired) electrons. The van der Waals surface area contributed by atoms with E-state index in [-0.39, 0.29) is 11.9 Å². The van der Waals surface area contributed by atoms with E-state index in [0.29, 0.717) is 37.3 Å². The summed E-state index contributed by atoms with van der Waals surface area (Å²) in [5, 5.41) is 9.21. The van der Waals surface area contributed by atoms with Gasteiger partial charge in [0.15, 0.2) is 0 Å². The number of hydrogen-bond donors (Lipinski definition) is 0. The highest BCUT2D eigenvalue weighted by atomic mass is 16.5. The number of amides is 1. The summed E-state index contributed by atoms with van der Waals surface area (Å²) < 4.78 is 11.0. The van der Waals surface area contributed by atoms with Crippen LogP contribution in [0.15, 0.2) is 18.2 Å². The summed E-state index contributed by atoms with van der Waals surface area (Å²) in [6.07, 6.45) is 7.50. The zero-order valence-corrected chi connectivity index (χ0v) is 17.3. The van der Waals surface area contributed by atoms with Crippen LogP contribution < -0.4 is 4.90 Å². The van der Waals surface area contributed by atoms with E-state index in [2.05, 4.69) is 11.0 Å². The summed E-state index contributed by atoms with van der Waals surface area (Å²) in [5.41, 5.74) is 2.65. The molecule has 2 heterocycles. The Morgan fingerprint density at radius 2 is 1.83 bits per heavy atom. The molecule has 0 aromatic heterocycles. The van der Waals surface area contributed by atoms with Crippen molar-refractivity contribution in [2.24, 2.45) is 0 Å². The van der Waals surface area contributed by atoms with Crippen molar-refractivity contribution in [2.45, 2.75) is 63.1 Å². The molecule has 2 aliphatic heterocycles. The number of likely N-dealkylation sites (tertiary alicyclic amines) is 1. The highest BCUT2D eigenvalue weighted by molar-refractivity contribution is 6.02. The molecule has 1 saturated heterocycles. The summed E-state index contributed by atoms with van der Waals surface area (Å²) in [4.78, 5) is 17.3. The van der Waals surface area contributed by atoms with Gasteiger partial charge in [-0.15, -0.1) is 0 Å². The zero-order chi connectivity index (χ0) is 20.2. The maximum Gasteiger partial charge on any atom is 0.231 e. The average molecular weight is 398 g/mol. The molecule has 0 N–H and O–H groups in total. The van der Waals surface area contributed by atoms with Crippen LogP contribution in [0.3, 0.4) is 0 Å². The molecular formula is C23H31N3O3. The Balaban J connectivity index is 1.30. The standard InChI is InChI=1S/C23H31N3O3/c1-28-12-13-29-21-6-4-19(5-7-21)25-10-8-20(9-11-25)26-22-14-17(16-24)2-3-18(22)15-23(26)27/h2-3,14,19-21H,4-13,15H2,1H3/t19-,21-. The molecule has 1 aromatic rings. The van der Waals surface area contributed by atoms with E-state index in [9.17, 15) is 10.1 Å². The lowest BCUT2D eigenvalue weighted by Crippen LogP contribution is -2.50. The predicted octanol–water partition coefficient (Wildman–Crippen LogP) is 2.89. The molecule has 6 nitrogen and oxygen atoms in total. The fraction of sp³-hybridized carbons (Fsp3) is 0.652. The van der Waals surface area contributed by atoms with Gasteiger partial charge in [-0.05, 0) is 56.2 Å². The minimum Gasteiger partial charge on any atom is -0.382 e. The van der Waals surface area contributed by atoms with E-state index in [1.54, 1.807) is 7.11 Å². The van der Waals surface area contributed by atoms with E-state index in [4.69, 9.17) is 9.47 Å². The van der Waals surface area contributed by atoms with Gasteiger partial charge in [-0.25, -0.2) is 0 Å². The summed E-state index contributed by atoms with van der Waals surface area (Å²) in [7, 11) is 1.71. The molecule has 2 fully saturated rings. The average Bonchev–Trinajstić information content (AvgIpc) is 3.09. The normalized spacial score (nSPS) is 25.8. The van der Waals surface area contributed by atoms with Gasteiger partial charge in [0.2, 0.25) is 5.91 Å². The van der Waals surface area contributed by atoms with Crippen molar-refractivity contribution < 1.29 is 14.3 Å². The van der Waals surface area contributed by atoms with E-state index < -0.39 is 0 Å². The summed E-state index contributed by atoms with van der Waals surface area (Å²) >= 11 is 0. The second kappa shape index (κ2) is 9.25. The van der Waals surface area contributed by atoms with Crippen LogP contribution in [0.4, 0.5) is 5.69 Å². The van der Waals surface area contributed by atoms with Crippen molar-refractivity contribution in [1.82, 2.24) is 4.90 Å². The smallest absolute Gasteiger partial charge is 0.231 e. The second-order valence-electron chi connectivity index (χ2n) is 8.46. The van der Waals surface area contributed by atoms with Gasteiger partial charge in [0, 0.05) is 38.0 Å². The van der Waals surface area contributed by atoms with Crippen LogP contribution in [0, 0.1) is 11.3 Å². The van der Waals surface area contributed by atoms with Crippen LogP contribution in [-0.4, -0.2) is 62.4 Å². The fourth-order valence-electron chi connectivity index (χ4n) is 5.17. The lowest BCUT2D eigenvalue weighted by molar-refractivity contribution is -0.118. The summed E-state index contributed by atoms with van der Waals surface area (Å²) in [6, 6.07) is 8.74. The molecule has 1 amide bonds. The largest absolute Gasteiger partial charge is 0.382 e. The van der Waals surface area contributed by atoms with E-state index >= 15 is 0 Å². The Bertz CT molecular complexity index is 759. The predicted molar refractivity (Wildman–Crippen MR) is 111 cm³/mol. The van der Waals surface area contributed by atoms with Gasteiger partial charge >= 0.3 is 0 Å². The molecule has 6 heteroatoms. The summed E-state index contributed by atoms with van der Waals surface area (Å²) in [5.74, 6) is 0.183. The highest BCUT2D eigenvalue weighted by Crippen LogP contribution is 2.35. The number of anilines is 1. The first-order valence-electron chi connectivity index (χ1n) is 10.9. The molecule has 1 saturated carbocycles. The Hall–Kier alpha value is -1.94. The lowest BCUT2D eigenvalue weighted by atomic mass is 9.90. The Kier molecular flexibility index (Phi) is 6.49. The van der Waals surface area contributed by atoms with Gasteiger partial charge in [-0.2, -0.15) is 5.26 Å². The summed E-state index contributed by atoms with van der Waals surface area (Å²) in [6.45, 7) is 3.45. The Morgan fingerprint density at radius 1 is 1.07 bits per heavy atom. The number of fused-ring (bicyclic) bond motifs is 1. The zero-order valence-electron chi connectivity index (χ0n) is 17.3. The van der Waals surface area contributed by atoms with E-state index in [1.165, 1.54) is 12.8 Å². The fourth-order valence-corrected chi connectivity index (χ4v) is 5.17.